The number of para-hydroxylation sites is 1. The van der Waals surface area contributed by atoms with Crippen molar-refractivity contribution in [1.29, 1.82) is 0 Å². The van der Waals surface area contributed by atoms with E-state index in [2.05, 4.69) is 16.0 Å². The molecule has 0 fully saturated rings. The van der Waals surface area contributed by atoms with E-state index >= 15 is 0 Å². The van der Waals surface area contributed by atoms with E-state index in [1.165, 1.54) is 5.56 Å². The quantitative estimate of drug-likeness (QED) is 0.807. The van der Waals surface area contributed by atoms with Gasteiger partial charge in [0.25, 0.3) is 5.91 Å². The third-order valence-electron chi connectivity index (χ3n) is 3.67. The Labute approximate surface area is 134 Å². The summed E-state index contributed by atoms with van der Waals surface area (Å²) < 4.78 is 0. The molecule has 0 bridgehead atoms. The number of anilines is 1. The number of nitrogens with zero attached hydrogens (tertiary/aromatic N) is 3. The van der Waals surface area contributed by atoms with Crippen LogP contribution in [0.2, 0.25) is 0 Å². The number of nitrogens with two attached hydrogens (primary N) is 1. The molecule has 2 aromatic carbocycles. The number of nitrogen functional groups attached to an aromatic ring is 1. The standard InChI is InChI=1S/C18H18N4O/c1-12-6-5-7-13(10-12)11-22(2)17(23)16-14-8-3-4-9-15(14)20-18(19)21-16/h3-10H,11H2,1-2H3,(H2,19,20,21). The predicted octanol–water partition coefficient (Wildman–Crippen LogP) is 2.79. The minimum atomic E-state index is -0.170. The summed E-state index contributed by atoms with van der Waals surface area (Å²) in [4.78, 5) is 22.7. The highest BCUT2D eigenvalue weighted by Crippen LogP contribution is 2.18. The number of benzene rings is 2. The second-order valence-electron chi connectivity index (χ2n) is 5.60. The number of carbonyl (C=O) groups is 1. The molecule has 1 amide bonds. The lowest BCUT2D eigenvalue weighted by molar-refractivity contribution is 0.0781. The SMILES string of the molecule is Cc1cccc(CN(C)C(=O)c2nc(N)nc3ccccc23)c1. The van der Waals surface area contributed by atoms with E-state index in [-0.39, 0.29) is 11.9 Å². The van der Waals surface area contributed by atoms with E-state index < -0.39 is 0 Å². The van der Waals surface area contributed by atoms with Gasteiger partial charge in [-0.15, -0.1) is 0 Å². The Morgan fingerprint density at radius 3 is 2.70 bits per heavy atom. The molecule has 0 unspecified atom stereocenters. The molecule has 116 valence electrons. The fourth-order valence-electron chi connectivity index (χ4n) is 2.59. The van der Waals surface area contributed by atoms with Gasteiger partial charge in [0, 0.05) is 19.0 Å². The number of carbonyl (C=O) groups excluding carboxylic acids is 1. The molecule has 0 saturated carbocycles. The Hall–Kier alpha value is -2.95. The van der Waals surface area contributed by atoms with Crippen LogP contribution in [-0.2, 0) is 6.54 Å². The molecule has 2 N–H and O–H groups in total. The summed E-state index contributed by atoms with van der Waals surface area (Å²) in [5, 5.41) is 0.711. The van der Waals surface area contributed by atoms with Crippen LogP contribution in [0.25, 0.3) is 10.9 Å². The lowest BCUT2D eigenvalue weighted by Crippen LogP contribution is -2.27. The van der Waals surface area contributed by atoms with Crippen molar-refractivity contribution in [2.45, 2.75) is 13.5 Å². The van der Waals surface area contributed by atoms with Crippen molar-refractivity contribution in [3.63, 3.8) is 0 Å². The number of aryl methyl sites for hydroxylation is 1. The summed E-state index contributed by atoms with van der Waals surface area (Å²) in [5.74, 6) is -0.0622. The maximum absolute atomic E-state index is 12.8. The van der Waals surface area contributed by atoms with Crippen LogP contribution in [0.1, 0.15) is 21.6 Å². The number of rotatable bonds is 3. The minimum absolute atomic E-state index is 0.107. The summed E-state index contributed by atoms with van der Waals surface area (Å²) in [6, 6.07) is 15.5. The first-order chi connectivity index (χ1) is 11.0. The smallest absolute Gasteiger partial charge is 0.273 e. The van der Waals surface area contributed by atoms with Crippen molar-refractivity contribution in [2.75, 3.05) is 12.8 Å². The van der Waals surface area contributed by atoms with Crippen molar-refractivity contribution in [3.05, 3.63) is 65.4 Å². The highest BCUT2D eigenvalue weighted by molar-refractivity contribution is 6.04. The van der Waals surface area contributed by atoms with Gasteiger partial charge in [-0.1, -0.05) is 48.0 Å². The first-order valence-electron chi connectivity index (χ1n) is 7.38. The molecule has 0 aliphatic heterocycles. The zero-order valence-corrected chi connectivity index (χ0v) is 13.2. The van der Waals surface area contributed by atoms with Crippen molar-refractivity contribution in [2.24, 2.45) is 0 Å². The number of hydrogen-bond acceptors (Lipinski definition) is 4. The molecule has 0 radical (unpaired) electrons. The Balaban J connectivity index is 1.93. The van der Waals surface area contributed by atoms with Crippen LogP contribution in [0.5, 0.6) is 0 Å². The monoisotopic (exact) mass is 306 g/mol. The van der Waals surface area contributed by atoms with E-state index in [1.807, 2.05) is 49.4 Å². The fraction of sp³-hybridized carbons (Fsp3) is 0.167. The number of aromatic nitrogens is 2. The maximum Gasteiger partial charge on any atom is 0.273 e. The molecule has 0 aliphatic rings. The molecule has 0 saturated heterocycles. The normalized spacial score (nSPS) is 10.7. The summed E-state index contributed by atoms with van der Waals surface area (Å²) in [6.07, 6.45) is 0. The van der Waals surface area contributed by atoms with Gasteiger partial charge in [-0.3, -0.25) is 4.79 Å². The van der Waals surface area contributed by atoms with Gasteiger partial charge in [0.1, 0.15) is 5.69 Å². The van der Waals surface area contributed by atoms with Gasteiger partial charge in [-0.25, -0.2) is 9.97 Å². The van der Waals surface area contributed by atoms with Crippen molar-refractivity contribution >= 4 is 22.8 Å². The molecule has 23 heavy (non-hydrogen) atoms. The third kappa shape index (κ3) is 3.13. The summed E-state index contributed by atoms with van der Waals surface area (Å²) in [6.45, 7) is 2.54. The van der Waals surface area contributed by atoms with Crippen molar-refractivity contribution in [3.8, 4) is 0 Å². The Kier molecular flexibility index (Phi) is 3.93. The second kappa shape index (κ2) is 6.04. The fourth-order valence-corrected chi connectivity index (χ4v) is 2.59. The van der Waals surface area contributed by atoms with Crippen LogP contribution >= 0.6 is 0 Å². The lowest BCUT2D eigenvalue weighted by Gasteiger charge is -2.18. The number of fused-ring (bicyclic) bond motifs is 1. The molecule has 0 spiro atoms. The molecule has 0 atom stereocenters. The molecule has 1 aromatic heterocycles. The molecule has 0 aliphatic carbocycles. The van der Waals surface area contributed by atoms with Crippen molar-refractivity contribution < 1.29 is 4.79 Å². The van der Waals surface area contributed by atoms with Gasteiger partial charge in [0.2, 0.25) is 5.95 Å². The van der Waals surface area contributed by atoms with E-state index in [0.717, 1.165) is 5.56 Å². The van der Waals surface area contributed by atoms with E-state index in [0.29, 0.717) is 23.1 Å². The number of amides is 1. The van der Waals surface area contributed by atoms with Gasteiger partial charge in [-0.2, -0.15) is 0 Å². The highest BCUT2D eigenvalue weighted by atomic mass is 16.2. The van der Waals surface area contributed by atoms with Crippen molar-refractivity contribution in [1.82, 2.24) is 14.9 Å². The average Bonchev–Trinajstić information content (AvgIpc) is 2.53. The van der Waals surface area contributed by atoms with Gasteiger partial charge in [-0.05, 0) is 18.6 Å². The van der Waals surface area contributed by atoms with Crippen LogP contribution in [0.4, 0.5) is 5.95 Å². The second-order valence-corrected chi connectivity index (χ2v) is 5.60. The average molecular weight is 306 g/mol. The largest absolute Gasteiger partial charge is 0.368 e. The first-order valence-corrected chi connectivity index (χ1v) is 7.38. The molecule has 5 nitrogen and oxygen atoms in total. The maximum atomic E-state index is 12.8. The van der Waals surface area contributed by atoms with Gasteiger partial charge < -0.3 is 10.6 Å². The predicted molar refractivity (Wildman–Crippen MR) is 90.9 cm³/mol. The van der Waals surface area contributed by atoms with Gasteiger partial charge in [0.15, 0.2) is 0 Å². The topological polar surface area (TPSA) is 72.1 Å². The van der Waals surface area contributed by atoms with E-state index in [9.17, 15) is 4.79 Å². The van der Waals surface area contributed by atoms with Crippen LogP contribution < -0.4 is 5.73 Å². The molecular weight excluding hydrogens is 288 g/mol. The van der Waals surface area contributed by atoms with Crippen LogP contribution in [0.3, 0.4) is 0 Å². The Morgan fingerprint density at radius 1 is 1.13 bits per heavy atom. The first kappa shape index (κ1) is 15.0. The van der Waals surface area contributed by atoms with E-state index in [1.54, 1.807) is 11.9 Å². The minimum Gasteiger partial charge on any atom is -0.368 e. The van der Waals surface area contributed by atoms with Crippen LogP contribution in [0.15, 0.2) is 48.5 Å². The molecule has 3 aromatic rings. The summed E-state index contributed by atoms with van der Waals surface area (Å²) in [5.41, 5.74) is 8.99. The molecule has 3 rings (SSSR count). The molecule has 5 heteroatoms. The van der Waals surface area contributed by atoms with Gasteiger partial charge >= 0.3 is 0 Å². The van der Waals surface area contributed by atoms with Gasteiger partial charge in [0.05, 0.1) is 5.52 Å². The van der Waals surface area contributed by atoms with Crippen LogP contribution in [-0.4, -0.2) is 27.8 Å². The Morgan fingerprint density at radius 2 is 1.91 bits per heavy atom. The Bertz CT molecular complexity index is 876. The molecule has 1 heterocycles. The lowest BCUT2D eigenvalue weighted by atomic mass is 10.1. The highest BCUT2D eigenvalue weighted by Gasteiger charge is 2.18. The zero-order chi connectivity index (χ0) is 16.4. The summed E-state index contributed by atoms with van der Waals surface area (Å²) >= 11 is 0. The molecular formula is C18H18N4O. The summed E-state index contributed by atoms with van der Waals surface area (Å²) in [7, 11) is 1.76. The third-order valence-corrected chi connectivity index (χ3v) is 3.67. The van der Waals surface area contributed by atoms with E-state index in [4.69, 9.17) is 5.73 Å². The zero-order valence-electron chi connectivity index (χ0n) is 13.2. The van der Waals surface area contributed by atoms with Crippen LogP contribution in [0, 0.1) is 6.92 Å². The number of hydrogen-bond donors (Lipinski definition) is 1.